The van der Waals surface area contributed by atoms with E-state index in [-0.39, 0.29) is 0 Å². The molecule has 3 nitrogen and oxygen atoms in total. The molecule has 0 aliphatic rings. The highest BCUT2D eigenvalue weighted by molar-refractivity contribution is 7.96. The fourth-order valence-electron chi connectivity index (χ4n) is 3.72. The molecule has 0 aliphatic carbocycles. The largest absolute Gasteiger partial charge is 0.465 e. The van der Waals surface area contributed by atoms with Gasteiger partial charge in [0.2, 0.25) is 0 Å². The fourth-order valence-corrected chi connectivity index (χ4v) is 8.67. The number of hydrogen-bond donors (Lipinski definition) is 2. The number of carboxylic acid groups (broad SMARTS) is 1. The van der Waals surface area contributed by atoms with Gasteiger partial charge in [-0.25, -0.2) is 4.79 Å². The van der Waals surface area contributed by atoms with E-state index in [2.05, 4.69) is 41.7 Å². The van der Waals surface area contributed by atoms with Gasteiger partial charge in [0.25, 0.3) is 0 Å². The molecule has 4 heteroatoms. The Bertz CT molecular complexity index is 768. The van der Waals surface area contributed by atoms with E-state index in [1.54, 1.807) is 0 Å². The van der Waals surface area contributed by atoms with Crippen molar-refractivity contribution in [3.05, 3.63) is 91.0 Å². The molecule has 3 rings (SSSR count). The minimum atomic E-state index is -2.30. The van der Waals surface area contributed by atoms with Gasteiger partial charge < -0.3 is 5.11 Å². The van der Waals surface area contributed by atoms with E-state index in [0.29, 0.717) is 0 Å². The van der Waals surface area contributed by atoms with Crippen molar-refractivity contribution in [2.45, 2.75) is 19.1 Å². The van der Waals surface area contributed by atoms with E-state index in [1.165, 1.54) is 0 Å². The summed E-state index contributed by atoms with van der Waals surface area (Å²) in [6.45, 7) is 3.98. The molecule has 0 saturated heterocycles. The summed E-state index contributed by atoms with van der Waals surface area (Å²) in [5.74, 6) is 0. The third-order valence-electron chi connectivity index (χ3n) is 4.68. The van der Waals surface area contributed by atoms with Crippen LogP contribution >= 0.6 is 7.26 Å². The molecule has 0 aliphatic heterocycles. The highest BCUT2D eigenvalue weighted by Gasteiger charge is 2.58. The van der Waals surface area contributed by atoms with E-state index < -0.39 is 18.6 Å². The Hall–Kier alpha value is -2.64. The van der Waals surface area contributed by atoms with Crippen LogP contribution in [0.3, 0.4) is 0 Å². The lowest BCUT2D eigenvalue weighted by atomic mass is 10.3. The first-order valence-electron chi connectivity index (χ1n) is 8.55. The normalized spacial score (nSPS) is 11.8. The van der Waals surface area contributed by atoms with E-state index in [9.17, 15) is 9.90 Å². The van der Waals surface area contributed by atoms with Gasteiger partial charge >= 0.3 is 6.09 Å². The van der Waals surface area contributed by atoms with Gasteiger partial charge in [-0.05, 0) is 50.2 Å². The van der Waals surface area contributed by atoms with Crippen molar-refractivity contribution < 1.29 is 9.90 Å². The first kappa shape index (κ1) is 18.2. The van der Waals surface area contributed by atoms with Crippen LogP contribution in [0.4, 0.5) is 4.79 Å². The minimum Gasteiger partial charge on any atom is -0.465 e. The second-order valence-corrected chi connectivity index (χ2v) is 10.7. The maximum absolute atomic E-state index is 11.7. The number of rotatable bonds is 5. The summed E-state index contributed by atoms with van der Waals surface area (Å²) in [6, 6.07) is 30.8. The molecular formula is C22H23NO2P+. The molecule has 0 spiro atoms. The fraction of sp³-hybridized carbons (Fsp3) is 0.136. The molecule has 2 N–H and O–H groups in total. The Kier molecular flexibility index (Phi) is 5.11. The van der Waals surface area contributed by atoms with Crippen LogP contribution in [0.25, 0.3) is 0 Å². The van der Waals surface area contributed by atoms with Crippen LogP contribution < -0.4 is 21.2 Å². The summed E-state index contributed by atoms with van der Waals surface area (Å²) in [4.78, 5) is 11.7. The van der Waals surface area contributed by atoms with Crippen LogP contribution in [0.1, 0.15) is 13.8 Å². The molecule has 132 valence electrons. The van der Waals surface area contributed by atoms with Gasteiger partial charge in [-0.15, -0.1) is 0 Å². The first-order valence-corrected chi connectivity index (χ1v) is 10.3. The Balaban J connectivity index is 2.41. The van der Waals surface area contributed by atoms with Crippen molar-refractivity contribution in [1.29, 1.82) is 0 Å². The second-order valence-electron chi connectivity index (χ2n) is 6.67. The molecule has 0 fully saturated rings. The lowest BCUT2D eigenvalue weighted by Gasteiger charge is -2.40. The maximum atomic E-state index is 11.7. The van der Waals surface area contributed by atoms with Crippen molar-refractivity contribution in [1.82, 2.24) is 5.32 Å². The van der Waals surface area contributed by atoms with Crippen LogP contribution in [-0.2, 0) is 0 Å². The molecule has 0 aromatic heterocycles. The molecule has 0 heterocycles. The van der Waals surface area contributed by atoms with Gasteiger partial charge in [-0.3, -0.25) is 5.32 Å². The summed E-state index contributed by atoms with van der Waals surface area (Å²) < 4.78 is 0. The minimum absolute atomic E-state index is 0.692. The van der Waals surface area contributed by atoms with Crippen molar-refractivity contribution >= 4 is 29.3 Å². The summed E-state index contributed by atoms with van der Waals surface area (Å²) >= 11 is 0. The zero-order valence-electron chi connectivity index (χ0n) is 15.0. The Morgan fingerprint density at radius 1 is 0.731 bits per heavy atom. The second kappa shape index (κ2) is 7.31. The van der Waals surface area contributed by atoms with E-state index in [0.717, 1.165) is 15.9 Å². The highest BCUT2D eigenvalue weighted by atomic mass is 31.2. The molecule has 0 atom stereocenters. The van der Waals surface area contributed by atoms with Crippen LogP contribution in [0, 0.1) is 0 Å². The molecular weight excluding hydrogens is 341 g/mol. The Morgan fingerprint density at radius 3 is 1.31 bits per heavy atom. The van der Waals surface area contributed by atoms with Crippen LogP contribution in [0.2, 0.25) is 0 Å². The van der Waals surface area contributed by atoms with Gasteiger partial charge in [0.1, 0.15) is 23.2 Å². The summed E-state index contributed by atoms with van der Waals surface area (Å²) in [5.41, 5.74) is 0. The van der Waals surface area contributed by atoms with Gasteiger partial charge in [-0.1, -0.05) is 54.6 Å². The quantitative estimate of drug-likeness (QED) is 0.673. The molecule has 0 saturated carbocycles. The molecule has 3 aromatic rings. The topological polar surface area (TPSA) is 49.3 Å². The number of hydrogen-bond acceptors (Lipinski definition) is 1. The van der Waals surface area contributed by atoms with Crippen LogP contribution in [0.15, 0.2) is 91.0 Å². The van der Waals surface area contributed by atoms with Gasteiger partial charge in [0.05, 0.1) is 0 Å². The lowest BCUT2D eigenvalue weighted by molar-refractivity contribution is 0.189. The van der Waals surface area contributed by atoms with E-state index in [4.69, 9.17) is 0 Å². The van der Waals surface area contributed by atoms with Gasteiger partial charge in [0.15, 0.2) is 5.28 Å². The summed E-state index contributed by atoms with van der Waals surface area (Å²) in [7, 11) is -2.30. The first-order chi connectivity index (χ1) is 12.5. The van der Waals surface area contributed by atoms with Gasteiger partial charge in [0, 0.05) is 0 Å². The third kappa shape index (κ3) is 3.11. The predicted octanol–water partition coefficient (Wildman–Crippen LogP) is 3.98. The van der Waals surface area contributed by atoms with Crippen molar-refractivity contribution in [2.75, 3.05) is 0 Å². The van der Waals surface area contributed by atoms with E-state index >= 15 is 0 Å². The van der Waals surface area contributed by atoms with Crippen molar-refractivity contribution in [2.24, 2.45) is 0 Å². The third-order valence-corrected chi connectivity index (χ3v) is 9.69. The standard InChI is InChI=1S/C22H22NO2P/c1-22(2,23-21(24)25)26(18-12-6-3-7-13-18,19-14-8-4-9-15-19)20-16-10-5-11-17-20/h3-17,23H,1-2H3/p+1. The number of amides is 1. The number of benzene rings is 3. The van der Waals surface area contributed by atoms with Crippen molar-refractivity contribution in [3.63, 3.8) is 0 Å². The van der Waals surface area contributed by atoms with Crippen LogP contribution in [-0.4, -0.2) is 16.5 Å². The van der Waals surface area contributed by atoms with Gasteiger partial charge in [-0.2, -0.15) is 0 Å². The zero-order chi connectivity index (χ0) is 18.6. The molecule has 0 radical (unpaired) electrons. The zero-order valence-corrected chi connectivity index (χ0v) is 15.9. The smallest absolute Gasteiger partial charge is 0.407 e. The summed E-state index contributed by atoms with van der Waals surface area (Å²) in [5, 5.41) is 15.1. The Morgan fingerprint density at radius 2 is 1.04 bits per heavy atom. The average Bonchev–Trinajstić information content (AvgIpc) is 2.64. The highest BCUT2D eigenvalue weighted by Crippen LogP contribution is 2.64. The molecule has 3 aromatic carbocycles. The molecule has 26 heavy (non-hydrogen) atoms. The lowest BCUT2D eigenvalue weighted by Crippen LogP contribution is -2.53. The van der Waals surface area contributed by atoms with E-state index in [1.807, 2.05) is 68.4 Å². The molecule has 0 bridgehead atoms. The maximum Gasteiger partial charge on any atom is 0.407 e. The Labute approximate surface area is 155 Å². The molecule has 0 unspecified atom stereocenters. The monoisotopic (exact) mass is 364 g/mol. The molecule has 1 amide bonds. The van der Waals surface area contributed by atoms with Crippen molar-refractivity contribution in [3.8, 4) is 0 Å². The average molecular weight is 364 g/mol. The number of nitrogens with one attached hydrogen (secondary N) is 1. The van der Waals surface area contributed by atoms with Crippen LogP contribution in [0.5, 0.6) is 0 Å². The SMILES string of the molecule is CC(C)(NC(=O)O)[P+](c1ccccc1)(c1ccccc1)c1ccccc1. The predicted molar refractivity (Wildman–Crippen MR) is 110 cm³/mol. The number of carbonyl (C=O) groups is 1. The summed E-state index contributed by atoms with van der Waals surface area (Å²) in [6.07, 6.45) is -1.01.